The molecule has 1 aromatic carbocycles. The van der Waals surface area contributed by atoms with Crippen molar-refractivity contribution in [2.24, 2.45) is 0 Å². The molecule has 6 rings (SSSR count). The molecule has 12 nitrogen and oxygen atoms in total. The number of anilines is 2. The van der Waals surface area contributed by atoms with Gasteiger partial charge < -0.3 is 19.8 Å². The maximum Gasteiger partial charge on any atom is 0.309 e. The van der Waals surface area contributed by atoms with Crippen molar-refractivity contribution >= 4 is 45.3 Å². The summed E-state index contributed by atoms with van der Waals surface area (Å²) < 4.78 is 29.5. The molecule has 4 aromatic heterocycles. The van der Waals surface area contributed by atoms with Crippen LogP contribution in [-0.2, 0) is 11.3 Å². The number of furan rings is 1. The van der Waals surface area contributed by atoms with Crippen LogP contribution < -0.4 is 20.2 Å². The molecule has 0 radical (unpaired) electrons. The molecule has 5 heterocycles. The maximum atomic E-state index is 14.9. The molecule has 0 saturated carbocycles. The molecule has 0 spiro atoms. The third-order valence-corrected chi connectivity index (χ3v) is 7.76. The monoisotopic (exact) mass is 566 g/mol. The zero-order valence-electron chi connectivity index (χ0n) is 21.9. The number of benzene rings is 1. The maximum absolute atomic E-state index is 14.9. The summed E-state index contributed by atoms with van der Waals surface area (Å²) in [6.45, 7) is 6.93. The Kier molecular flexibility index (Phi) is 6.50. The van der Waals surface area contributed by atoms with E-state index in [1.165, 1.54) is 16.8 Å². The average molecular weight is 567 g/mol. The fraction of sp³-hybridized carbons (Fsp3) is 0.346. The highest BCUT2D eigenvalue weighted by atomic mass is 32.1. The fourth-order valence-corrected chi connectivity index (χ4v) is 5.66. The number of hydrogen-bond acceptors (Lipinski definition) is 11. The van der Waals surface area contributed by atoms with Crippen LogP contribution in [0.25, 0.3) is 27.6 Å². The number of aldehydes is 1. The van der Waals surface area contributed by atoms with E-state index in [9.17, 15) is 14.0 Å². The molecule has 40 heavy (non-hydrogen) atoms. The Bertz CT molecular complexity index is 1750. The molecule has 1 aliphatic heterocycles. The second-order valence-corrected chi connectivity index (χ2v) is 11.0. The number of fused-ring (bicyclic) bond motifs is 3. The minimum Gasteiger partial charge on any atom is -0.480 e. The topological polar surface area (TPSA) is 137 Å². The number of carbonyl (C=O) groups is 1. The summed E-state index contributed by atoms with van der Waals surface area (Å²) in [4.78, 5) is 37.1. The molecular formula is C26H27FN8O4S. The summed E-state index contributed by atoms with van der Waals surface area (Å²) in [6.07, 6.45) is 2.22. The molecule has 14 heteroatoms. The zero-order chi connectivity index (χ0) is 28.0. The Morgan fingerprint density at radius 2 is 1.95 bits per heavy atom. The lowest BCUT2D eigenvalue weighted by atomic mass is 10.1. The lowest BCUT2D eigenvalue weighted by Crippen LogP contribution is -2.47. The summed E-state index contributed by atoms with van der Waals surface area (Å²) in [7, 11) is 0. The molecule has 208 valence electrons. The number of rotatable bonds is 8. The molecule has 0 aliphatic carbocycles. The lowest BCUT2D eigenvalue weighted by Gasteiger charge is -2.36. The van der Waals surface area contributed by atoms with Crippen LogP contribution in [0.4, 0.5) is 16.0 Å². The normalized spacial score (nSPS) is 14.8. The van der Waals surface area contributed by atoms with Crippen LogP contribution in [0.5, 0.6) is 5.75 Å². The van der Waals surface area contributed by atoms with Gasteiger partial charge in [0, 0.05) is 45.3 Å². The van der Waals surface area contributed by atoms with Crippen molar-refractivity contribution < 1.29 is 18.3 Å². The molecule has 0 amide bonds. The van der Waals surface area contributed by atoms with Crippen molar-refractivity contribution in [2.75, 3.05) is 43.4 Å². The Balaban J connectivity index is 1.14. The molecule has 1 fully saturated rings. The standard InChI is InChI=1S/C26H27FN8O4S/c1-26(2,15-36)39-16-5-6-18(17(27)14-16)33-10-7-32(8-11-33)9-12-34-22-20(40-25(34)37)23-29-21(19-4-3-13-38-19)31-35(23)24(28)30-22/h3-6,13-15H,7-12H2,1-2H3,(H2,28,30). The predicted molar refractivity (Wildman–Crippen MR) is 148 cm³/mol. The van der Waals surface area contributed by atoms with Crippen LogP contribution in [0.15, 0.2) is 45.8 Å². The van der Waals surface area contributed by atoms with E-state index in [4.69, 9.17) is 14.9 Å². The van der Waals surface area contributed by atoms with Gasteiger partial charge in [0.05, 0.1) is 12.0 Å². The largest absolute Gasteiger partial charge is 0.480 e. The van der Waals surface area contributed by atoms with E-state index in [1.54, 1.807) is 42.7 Å². The van der Waals surface area contributed by atoms with Gasteiger partial charge in [0.15, 0.2) is 28.9 Å². The van der Waals surface area contributed by atoms with E-state index in [2.05, 4.69) is 20.0 Å². The van der Waals surface area contributed by atoms with Gasteiger partial charge in [0.1, 0.15) is 16.3 Å². The van der Waals surface area contributed by atoms with Crippen LogP contribution in [-0.4, -0.2) is 73.7 Å². The van der Waals surface area contributed by atoms with E-state index >= 15 is 0 Å². The Hall–Kier alpha value is -4.30. The Morgan fingerprint density at radius 3 is 2.65 bits per heavy atom. The predicted octanol–water partition coefficient (Wildman–Crippen LogP) is 2.66. The van der Waals surface area contributed by atoms with E-state index < -0.39 is 11.4 Å². The number of piperazine rings is 1. The first-order valence-electron chi connectivity index (χ1n) is 12.7. The van der Waals surface area contributed by atoms with E-state index in [0.717, 1.165) is 11.3 Å². The minimum absolute atomic E-state index is 0.126. The van der Waals surface area contributed by atoms with E-state index in [1.807, 2.05) is 4.90 Å². The number of carbonyl (C=O) groups excluding carboxylic acids is 1. The average Bonchev–Trinajstić information content (AvgIpc) is 3.67. The van der Waals surface area contributed by atoms with E-state index in [-0.39, 0.29) is 10.8 Å². The van der Waals surface area contributed by atoms with Gasteiger partial charge in [-0.1, -0.05) is 11.3 Å². The third-order valence-electron chi connectivity index (χ3n) is 6.79. The second-order valence-electron chi connectivity index (χ2n) is 10.1. The number of hydrogen-bond donors (Lipinski definition) is 1. The van der Waals surface area contributed by atoms with Crippen molar-refractivity contribution in [1.29, 1.82) is 0 Å². The molecule has 5 aromatic rings. The number of nitrogens with zero attached hydrogens (tertiary/aromatic N) is 7. The van der Waals surface area contributed by atoms with Crippen LogP contribution in [0, 0.1) is 5.82 Å². The highest BCUT2D eigenvalue weighted by molar-refractivity contribution is 7.17. The van der Waals surface area contributed by atoms with Crippen LogP contribution >= 0.6 is 11.3 Å². The Labute approximate surface area is 231 Å². The summed E-state index contributed by atoms with van der Waals surface area (Å²) >= 11 is 1.06. The highest BCUT2D eigenvalue weighted by Crippen LogP contribution is 2.28. The summed E-state index contributed by atoms with van der Waals surface area (Å²) in [5.74, 6) is 0.886. The van der Waals surface area contributed by atoms with Gasteiger partial charge in [-0.3, -0.25) is 19.1 Å². The number of nitrogens with two attached hydrogens (primary N) is 1. The first kappa shape index (κ1) is 26.0. The summed E-state index contributed by atoms with van der Waals surface area (Å²) in [6, 6.07) is 8.15. The van der Waals surface area contributed by atoms with Crippen LogP contribution in [0.2, 0.25) is 0 Å². The number of nitrogen functional groups attached to an aromatic ring is 1. The molecular weight excluding hydrogens is 539 g/mol. The van der Waals surface area contributed by atoms with Gasteiger partial charge in [0.25, 0.3) is 0 Å². The van der Waals surface area contributed by atoms with Gasteiger partial charge in [-0.2, -0.15) is 9.50 Å². The highest BCUT2D eigenvalue weighted by Gasteiger charge is 2.24. The summed E-state index contributed by atoms with van der Waals surface area (Å²) in [5, 5.41) is 4.38. The van der Waals surface area contributed by atoms with E-state index in [0.29, 0.717) is 84.6 Å². The molecule has 0 unspecified atom stereocenters. The number of ether oxygens (including phenoxy) is 1. The first-order chi connectivity index (χ1) is 19.2. The van der Waals surface area contributed by atoms with Gasteiger partial charge in [0.2, 0.25) is 11.8 Å². The summed E-state index contributed by atoms with van der Waals surface area (Å²) in [5.41, 5.74) is 6.56. The van der Waals surface area contributed by atoms with Crippen molar-refractivity contribution in [2.45, 2.75) is 26.0 Å². The van der Waals surface area contributed by atoms with Crippen molar-refractivity contribution in [1.82, 2.24) is 29.0 Å². The number of aromatic nitrogens is 5. The fourth-order valence-electron chi connectivity index (χ4n) is 4.73. The van der Waals surface area contributed by atoms with Crippen LogP contribution in [0.3, 0.4) is 0 Å². The first-order valence-corrected chi connectivity index (χ1v) is 13.6. The SMILES string of the molecule is CC(C)(C=O)Oc1ccc(N2CCN(CCn3c(=O)sc4c3nc(N)n3nc(-c5ccco5)nc43)CC2)c(F)c1. The third kappa shape index (κ3) is 4.79. The van der Waals surface area contributed by atoms with Gasteiger partial charge in [-0.25, -0.2) is 9.37 Å². The van der Waals surface area contributed by atoms with Crippen LogP contribution in [0.1, 0.15) is 13.8 Å². The molecule has 1 saturated heterocycles. The quantitative estimate of drug-likeness (QED) is 0.279. The van der Waals surface area contributed by atoms with Gasteiger partial charge >= 0.3 is 4.87 Å². The molecule has 0 atom stereocenters. The van der Waals surface area contributed by atoms with Crippen molar-refractivity contribution in [3.63, 3.8) is 0 Å². The molecule has 2 N–H and O–H groups in total. The minimum atomic E-state index is -1.03. The van der Waals surface area contributed by atoms with Crippen molar-refractivity contribution in [3.05, 3.63) is 52.1 Å². The number of halogens is 1. The molecule has 0 bridgehead atoms. The number of thiazole rings is 1. The van der Waals surface area contributed by atoms with Gasteiger partial charge in [-0.15, -0.1) is 5.10 Å². The molecule has 1 aliphatic rings. The second kappa shape index (κ2) is 10.0. The van der Waals surface area contributed by atoms with Gasteiger partial charge in [-0.05, 0) is 38.1 Å². The van der Waals surface area contributed by atoms with Crippen molar-refractivity contribution in [3.8, 4) is 17.3 Å². The zero-order valence-corrected chi connectivity index (χ0v) is 22.7. The lowest BCUT2D eigenvalue weighted by molar-refractivity contribution is -0.119. The smallest absolute Gasteiger partial charge is 0.309 e. The Morgan fingerprint density at radius 1 is 1.15 bits per heavy atom.